The van der Waals surface area contributed by atoms with Crippen LogP contribution in [0.5, 0.6) is 0 Å². The van der Waals surface area contributed by atoms with Crippen LogP contribution < -0.4 is 0 Å². The van der Waals surface area contributed by atoms with E-state index in [1.54, 1.807) is 12.1 Å². The van der Waals surface area contributed by atoms with E-state index in [0.717, 1.165) is 36.8 Å². The van der Waals surface area contributed by atoms with Gasteiger partial charge in [0.2, 0.25) is 0 Å². The molecule has 1 heterocycles. The Bertz CT molecular complexity index is 645. The Balaban J connectivity index is 2.80. The summed E-state index contributed by atoms with van der Waals surface area (Å²) in [4.78, 5) is 29.0. The molecule has 1 aromatic carbocycles. The van der Waals surface area contributed by atoms with Crippen molar-refractivity contribution in [3.05, 3.63) is 34.9 Å². The number of nitrogens with zero attached hydrogens (tertiary/aromatic N) is 1. The lowest BCUT2D eigenvalue weighted by Gasteiger charge is -2.44. The van der Waals surface area contributed by atoms with Crippen molar-refractivity contribution in [2.45, 2.75) is 71.4 Å². The Morgan fingerprint density at radius 3 is 1.92 bits per heavy atom. The average molecular weight is 333 g/mol. The molecule has 1 aromatic rings. The first-order valence-electron chi connectivity index (χ1n) is 8.70. The number of carbonyl (C=O) groups excluding carboxylic acids is 1. The Labute approximate surface area is 143 Å². The summed E-state index contributed by atoms with van der Waals surface area (Å²) in [5.74, 6) is -1.29. The third-order valence-corrected chi connectivity index (χ3v) is 5.61. The minimum atomic E-state index is -0.941. The lowest BCUT2D eigenvalue weighted by molar-refractivity contribution is -0.264. The molecule has 0 aliphatic carbocycles. The predicted molar refractivity (Wildman–Crippen MR) is 91.5 cm³/mol. The van der Waals surface area contributed by atoms with Crippen LogP contribution in [0.4, 0.5) is 0 Å². The van der Waals surface area contributed by atoms with E-state index in [4.69, 9.17) is 4.84 Å². The first-order chi connectivity index (χ1) is 11.3. The highest BCUT2D eigenvalue weighted by atomic mass is 16.7. The van der Waals surface area contributed by atoms with Gasteiger partial charge in [0, 0.05) is 6.92 Å². The minimum Gasteiger partial charge on any atom is -0.478 e. The van der Waals surface area contributed by atoms with Gasteiger partial charge in [-0.3, -0.25) is 4.79 Å². The maximum absolute atomic E-state index is 11.8. The minimum absolute atomic E-state index is 0.269. The molecule has 132 valence electrons. The van der Waals surface area contributed by atoms with Gasteiger partial charge in [0.05, 0.1) is 16.6 Å². The van der Waals surface area contributed by atoms with Crippen LogP contribution in [0.15, 0.2) is 18.2 Å². The van der Waals surface area contributed by atoms with E-state index in [9.17, 15) is 14.7 Å². The summed E-state index contributed by atoms with van der Waals surface area (Å²) < 4.78 is 0. The summed E-state index contributed by atoms with van der Waals surface area (Å²) in [6, 6.07) is 5.30. The highest BCUT2D eigenvalue weighted by molar-refractivity contribution is 5.88. The second-order valence-electron chi connectivity index (χ2n) is 6.42. The van der Waals surface area contributed by atoms with E-state index >= 15 is 0 Å². The topological polar surface area (TPSA) is 66.8 Å². The van der Waals surface area contributed by atoms with E-state index in [0.29, 0.717) is 0 Å². The molecule has 0 radical (unpaired) electrons. The summed E-state index contributed by atoms with van der Waals surface area (Å²) in [5.41, 5.74) is 1.38. The van der Waals surface area contributed by atoms with E-state index in [-0.39, 0.29) is 11.5 Å². The number of aromatic carboxylic acids is 1. The molecule has 0 atom stereocenters. The standard InChI is InChI=1S/C19H27NO4/c1-6-18(7-2)15-11-10-14(17(22)23)12-16(15)19(8-3,9-4)20(18)24-13(5)21/h10-12H,6-9H2,1-5H3,(H,22,23). The van der Waals surface area contributed by atoms with Crippen LogP contribution in [0.2, 0.25) is 0 Å². The van der Waals surface area contributed by atoms with Crippen LogP contribution in [-0.4, -0.2) is 22.1 Å². The maximum atomic E-state index is 11.8. The van der Waals surface area contributed by atoms with Crippen LogP contribution in [0, 0.1) is 0 Å². The molecule has 0 saturated heterocycles. The monoisotopic (exact) mass is 333 g/mol. The molecule has 0 fully saturated rings. The smallest absolute Gasteiger partial charge is 0.335 e. The predicted octanol–water partition coefficient (Wildman–Crippen LogP) is 4.21. The van der Waals surface area contributed by atoms with Crippen molar-refractivity contribution in [2.24, 2.45) is 0 Å². The molecule has 24 heavy (non-hydrogen) atoms. The van der Waals surface area contributed by atoms with E-state index in [1.807, 2.05) is 11.1 Å². The van der Waals surface area contributed by atoms with E-state index in [1.165, 1.54) is 6.92 Å². The van der Waals surface area contributed by atoms with Gasteiger partial charge < -0.3 is 9.94 Å². The average Bonchev–Trinajstić information content (AvgIpc) is 2.80. The summed E-state index contributed by atoms with van der Waals surface area (Å²) >= 11 is 0. The number of carboxylic acids is 1. The normalized spacial score (nSPS) is 18.2. The number of hydroxylamine groups is 2. The number of fused-ring (bicyclic) bond motifs is 1. The zero-order valence-electron chi connectivity index (χ0n) is 15.2. The van der Waals surface area contributed by atoms with Crippen molar-refractivity contribution >= 4 is 11.9 Å². The van der Waals surface area contributed by atoms with E-state index < -0.39 is 17.0 Å². The molecule has 0 saturated carbocycles. The number of carboxylic acid groups (broad SMARTS) is 1. The fourth-order valence-electron chi connectivity index (χ4n) is 4.24. The van der Waals surface area contributed by atoms with Crippen molar-refractivity contribution in [2.75, 3.05) is 0 Å². The number of hydrogen-bond acceptors (Lipinski definition) is 4. The van der Waals surface area contributed by atoms with Gasteiger partial charge >= 0.3 is 11.9 Å². The fraction of sp³-hybridized carbons (Fsp3) is 0.579. The Morgan fingerprint density at radius 1 is 1.00 bits per heavy atom. The first-order valence-corrected chi connectivity index (χ1v) is 8.70. The van der Waals surface area contributed by atoms with E-state index in [2.05, 4.69) is 27.7 Å². The summed E-state index contributed by atoms with van der Waals surface area (Å²) in [6.07, 6.45) is 3.01. The Morgan fingerprint density at radius 2 is 1.50 bits per heavy atom. The lowest BCUT2D eigenvalue weighted by Crippen LogP contribution is -2.51. The summed E-state index contributed by atoms with van der Waals surface area (Å²) in [7, 11) is 0. The van der Waals surface area contributed by atoms with Crippen molar-refractivity contribution in [3.8, 4) is 0 Å². The molecule has 0 bridgehead atoms. The van der Waals surface area contributed by atoms with Crippen LogP contribution in [0.25, 0.3) is 0 Å². The van der Waals surface area contributed by atoms with Gasteiger partial charge in [0.25, 0.3) is 0 Å². The Hall–Kier alpha value is -1.88. The van der Waals surface area contributed by atoms with Gasteiger partial charge in [0.1, 0.15) is 0 Å². The van der Waals surface area contributed by atoms with Gasteiger partial charge in [-0.25, -0.2) is 4.79 Å². The molecule has 2 rings (SSSR count). The summed E-state index contributed by atoms with van der Waals surface area (Å²) in [6.45, 7) is 9.68. The van der Waals surface area contributed by atoms with Crippen molar-refractivity contribution in [3.63, 3.8) is 0 Å². The third-order valence-electron chi connectivity index (χ3n) is 5.61. The molecule has 1 aliphatic rings. The molecule has 0 spiro atoms. The molecule has 0 amide bonds. The maximum Gasteiger partial charge on any atom is 0.335 e. The second-order valence-corrected chi connectivity index (χ2v) is 6.42. The molecule has 0 unspecified atom stereocenters. The van der Waals surface area contributed by atoms with Crippen molar-refractivity contribution in [1.82, 2.24) is 5.06 Å². The second kappa shape index (κ2) is 6.55. The number of rotatable bonds is 6. The number of hydrogen-bond donors (Lipinski definition) is 1. The highest BCUT2D eigenvalue weighted by Crippen LogP contribution is 2.56. The molecular weight excluding hydrogens is 306 g/mol. The van der Waals surface area contributed by atoms with Gasteiger partial charge in [-0.2, -0.15) is 0 Å². The van der Waals surface area contributed by atoms with Gasteiger partial charge in [0.15, 0.2) is 0 Å². The zero-order chi connectivity index (χ0) is 18.1. The molecule has 1 N–H and O–H groups in total. The van der Waals surface area contributed by atoms with Crippen molar-refractivity contribution in [1.29, 1.82) is 0 Å². The largest absolute Gasteiger partial charge is 0.478 e. The third kappa shape index (κ3) is 2.42. The highest BCUT2D eigenvalue weighted by Gasteiger charge is 2.57. The fourth-order valence-corrected chi connectivity index (χ4v) is 4.24. The first kappa shape index (κ1) is 18.5. The van der Waals surface area contributed by atoms with Crippen LogP contribution >= 0.6 is 0 Å². The van der Waals surface area contributed by atoms with Crippen molar-refractivity contribution < 1.29 is 19.5 Å². The molecular formula is C19H27NO4. The molecule has 5 heteroatoms. The Kier molecular flexibility index (Phi) is 5.04. The molecule has 5 nitrogen and oxygen atoms in total. The quantitative estimate of drug-likeness (QED) is 0.844. The van der Waals surface area contributed by atoms with Crippen LogP contribution in [0.3, 0.4) is 0 Å². The van der Waals surface area contributed by atoms with Crippen LogP contribution in [-0.2, 0) is 20.7 Å². The van der Waals surface area contributed by atoms with Gasteiger partial charge in [-0.15, -0.1) is 5.06 Å². The van der Waals surface area contributed by atoms with Crippen LogP contribution in [0.1, 0.15) is 81.8 Å². The SMILES string of the molecule is CCC1(CC)c2ccc(C(=O)O)cc2C(CC)(CC)N1OC(C)=O. The lowest BCUT2D eigenvalue weighted by atomic mass is 9.82. The van der Waals surface area contributed by atoms with Gasteiger partial charge in [-0.1, -0.05) is 33.8 Å². The zero-order valence-corrected chi connectivity index (χ0v) is 15.2. The molecule has 0 aromatic heterocycles. The number of benzene rings is 1. The number of carbonyl (C=O) groups is 2. The molecule has 1 aliphatic heterocycles. The van der Waals surface area contributed by atoms with Gasteiger partial charge in [-0.05, 0) is 48.9 Å². The summed E-state index contributed by atoms with van der Waals surface area (Å²) in [5, 5.41) is 11.2.